The van der Waals surface area contributed by atoms with Crippen molar-refractivity contribution in [3.05, 3.63) is 21.4 Å². The van der Waals surface area contributed by atoms with Crippen molar-refractivity contribution >= 4 is 33.4 Å². The van der Waals surface area contributed by atoms with Crippen molar-refractivity contribution in [2.75, 3.05) is 25.1 Å². The van der Waals surface area contributed by atoms with Crippen LogP contribution in [0.3, 0.4) is 0 Å². The fraction of sp³-hybridized carbons (Fsp3) is 0.632. The summed E-state index contributed by atoms with van der Waals surface area (Å²) in [7, 11) is 1.73. The molecule has 0 N–H and O–H groups in total. The van der Waals surface area contributed by atoms with Gasteiger partial charge in [-0.1, -0.05) is 0 Å². The molecule has 144 valence electrons. The molecule has 1 aliphatic rings. The van der Waals surface area contributed by atoms with Gasteiger partial charge in [0.15, 0.2) is 0 Å². The summed E-state index contributed by atoms with van der Waals surface area (Å²) in [6.45, 7) is 10.6. The van der Waals surface area contributed by atoms with Crippen LogP contribution in [0, 0.1) is 13.8 Å². The summed E-state index contributed by atoms with van der Waals surface area (Å²) in [6, 6.07) is 0. The second kappa shape index (κ2) is 8.05. The van der Waals surface area contributed by atoms with E-state index in [0.717, 1.165) is 41.8 Å². The number of ketones is 1. The van der Waals surface area contributed by atoms with Gasteiger partial charge in [0.2, 0.25) is 0 Å². The number of aryl methyl sites for hydroxylation is 2. The van der Waals surface area contributed by atoms with E-state index >= 15 is 0 Å². The zero-order valence-corrected chi connectivity index (χ0v) is 17.9. The van der Waals surface area contributed by atoms with Crippen LogP contribution >= 0.6 is 15.9 Å². The minimum absolute atomic E-state index is 0.166. The highest BCUT2D eigenvalue weighted by atomic mass is 79.9. The molecule has 7 heteroatoms. The average Bonchev–Trinajstić information content (AvgIpc) is 2.57. The van der Waals surface area contributed by atoms with Crippen molar-refractivity contribution in [2.45, 2.75) is 59.2 Å². The number of hydrogen-bond donors (Lipinski definition) is 0. The van der Waals surface area contributed by atoms with Crippen molar-refractivity contribution in [3.63, 3.8) is 0 Å². The minimum Gasteiger partial charge on any atom is -0.457 e. The summed E-state index contributed by atoms with van der Waals surface area (Å²) in [5.74, 6) is -1.50. The lowest BCUT2D eigenvalue weighted by Gasteiger charge is -2.40. The van der Waals surface area contributed by atoms with Gasteiger partial charge in [0.25, 0.3) is 5.78 Å². The average molecular weight is 427 g/mol. The number of hydrogen-bond acceptors (Lipinski definition) is 6. The zero-order chi connectivity index (χ0) is 19.6. The topological polar surface area (TPSA) is 68.7 Å². The Kier molecular flexibility index (Phi) is 6.45. The second-order valence-electron chi connectivity index (χ2n) is 7.24. The molecular weight excluding hydrogens is 400 g/mol. The van der Waals surface area contributed by atoms with Gasteiger partial charge in [0.05, 0.1) is 38.8 Å². The van der Waals surface area contributed by atoms with Crippen LogP contribution in [-0.4, -0.2) is 48.6 Å². The standard InChI is InChI=1S/C19H27BrN2O4/c1-11(2)26-18(24)17(23)14-12(3)21-13(4)15(20)16(14)22-9-7-19(5,25-6)8-10-22/h11H,7-10H2,1-6H3. The zero-order valence-electron chi connectivity index (χ0n) is 16.3. The number of Topliss-reactive ketones (excluding diaryl/α,β-unsaturated/α-hetero) is 1. The first-order chi connectivity index (χ1) is 12.1. The Bertz CT molecular complexity index is 710. The number of carbonyl (C=O) groups is 2. The van der Waals surface area contributed by atoms with Crippen LogP contribution in [0.15, 0.2) is 4.47 Å². The van der Waals surface area contributed by atoms with Crippen molar-refractivity contribution in [2.24, 2.45) is 0 Å². The molecule has 0 aromatic carbocycles. The van der Waals surface area contributed by atoms with Gasteiger partial charge >= 0.3 is 5.97 Å². The molecule has 0 bridgehead atoms. The van der Waals surface area contributed by atoms with Gasteiger partial charge in [0.1, 0.15) is 0 Å². The lowest BCUT2D eigenvalue weighted by molar-refractivity contribution is -0.141. The number of rotatable bonds is 5. The van der Waals surface area contributed by atoms with E-state index in [1.54, 1.807) is 27.9 Å². The van der Waals surface area contributed by atoms with Crippen molar-refractivity contribution < 1.29 is 19.1 Å². The number of pyridine rings is 1. The van der Waals surface area contributed by atoms with Gasteiger partial charge in [0, 0.05) is 20.2 Å². The van der Waals surface area contributed by atoms with Crippen molar-refractivity contribution in [3.8, 4) is 0 Å². The highest BCUT2D eigenvalue weighted by Crippen LogP contribution is 2.38. The maximum atomic E-state index is 12.8. The Morgan fingerprint density at radius 3 is 2.27 bits per heavy atom. The largest absolute Gasteiger partial charge is 0.457 e. The van der Waals surface area contributed by atoms with Crippen LogP contribution < -0.4 is 4.90 Å². The molecule has 1 aromatic heterocycles. The second-order valence-corrected chi connectivity index (χ2v) is 8.04. The highest BCUT2D eigenvalue weighted by molar-refractivity contribution is 9.10. The molecule has 0 radical (unpaired) electrons. The fourth-order valence-electron chi connectivity index (χ4n) is 3.15. The van der Waals surface area contributed by atoms with Crippen molar-refractivity contribution in [1.82, 2.24) is 4.98 Å². The van der Waals surface area contributed by atoms with Crippen LogP contribution in [0.1, 0.15) is 55.4 Å². The maximum Gasteiger partial charge on any atom is 0.380 e. The van der Waals surface area contributed by atoms with Gasteiger partial charge in [-0.2, -0.15) is 0 Å². The first-order valence-corrected chi connectivity index (χ1v) is 9.61. The van der Waals surface area contributed by atoms with Gasteiger partial charge in [-0.15, -0.1) is 0 Å². The summed E-state index contributed by atoms with van der Waals surface area (Å²) in [5.41, 5.74) is 2.19. The Balaban J connectivity index is 2.45. The third-order valence-electron chi connectivity index (χ3n) is 4.84. The van der Waals surface area contributed by atoms with Gasteiger partial charge in [-0.05, 0) is 63.4 Å². The van der Waals surface area contributed by atoms with E-state index in [0.29, 0.717) is 11.3 Å². The summed E-state index contributed by atoms with van der Waals surface area (Å²) >= 11 is 3.57. The molecule has 1 saturated heterocycles. The molecule has 0 saturated carbocycles. The quantitative estimate of drug-likeness (QED) is 0.406. The summed E-state index contributed by atoms with van der Waals surface area (Å²) in [4.78, 5) is 31.6. The molecule has 2 rings (SSSR count). The molecule has 26 heavy (non-hydrogen) atoms. The SMILES string of the molecule is COC1(C)CCN(c2c(Br)c(C)nc(C)c2C(=O)C(=O)OC(C)C)CC1. The van der Waals surface area contributed by atoms with E-state index in [9.17, 15) is 9.59 Å². The minimum atomic E-state index is -0.847. The lowest BCUT2D eigenvalue weighted by atomic mass is 9.92. The Hall–Kier alpha value is -1.47. The van der Waals surface area contributed by atoms with E-state index in [4.69, 9.17) is 9.47 Å². The van der Waals surface area contributed by atoms with Gasteiger partial charge < -0.3 is 14.4 Å². The van der Waals surface area contributed by atoms with Crippen LogP contribution in [0.5, 0.6) is 0 Å². The van der Waals surface area contributed by atoms with Crippen LogP contribution in [0.2, 0.25) is 0 Å². The molecule has 2 heterocycles. The smallest absolute Gasteiger partial charge is 0.380 e. The number of carbonyl (C=O) groups excluding carboxylic acids is 2. The number of piperidine rings is 1. The summed E-state index contributed by atoms with van der Waals surface area (Å²) in [6.07, 6.45) is 1.32. The van der Waals surface area contributed by atoms with E-state index in [-0.39, 0.29) is 11.7 Å². The van der Waals surface area contributed by atoms with E-state index in [2.05, 4.69) is 32.7 Å². The fourth-order valence-corrected chi connectivity index (χ4v) is 3.69. The Morgan fingerprint density at radius 2 is 1.77 bits per heavy atom. The monoisotopic (exact) mass is 426 g/mol. The third kappa shape index (κ3) is 4.26. The van der Waals surface area contributed by atoms with E-state index < -0.39 is 11.8 Å². The summed E-state index contributed by atoms with van der Waals surface area (Å²) < 4.78 is 11.5. The predicted octanol–water partition coefficient (Wildman–Crippen LogP) is 3.60. The molecule has 1 aromatic rings. The van der Waals surface area contributed by atoms with Crippen LogP contribution in [0.25, 0.3) is 0 Å². The molecule has 0 amide bonds. The Morgan fingerprint density at radius 1 is 1.19 bits per heavy atom. The van der Waals surface area contributed by atoms with Gasteiger partial charge in [-0.25, -0.2) is 4.79 Å². The number of aromatic nitrogens is 1. The molecule has 0 spiro atoms. The molecule has 1 fully saturated rings. The van der Waals surface area contributed by atoms with E-state index in [1.165, 1.54) is 0 Å². The van der Waals surface area contributed by atoms with E-state index in [1.807, 2.05) is 6.92 Å². The number of anilines is 1. The third-order valence-corrected chi connectivity index (χ3v) is 5.79. The predicted molar refractivity (Wildman–Crippen MR) is 104 cm³/mol. The number of ether oxygens (including phenoxy) is 2. The molecular formula is C19H27BrN2O4. The molecule has 0 aliphatic carbocycles. The normalized spacial score (nSPS) is 16.7. The Labute approximate surface area is 163 Å². The van der Waals surface area contributed by atoms with Gasteiger partial charge in [-0.3, -0.25) is 9.78 Å². The maximum absolute atomic E-state index is 12.8. The first kappa shape index (κ1) is 20.8. The first-order valence-electron chi connectivity index (χ1n) is 8.81. The number of halogens is 1. The molecule has 1 aliphatic heterocycles. The lowest BCUT2D eigenvalue weighted by Crippen LogP contribution is -2.44. The van der Waals surface area contributed by atoms with Crippen molar-refractivity contribution in [1.29, 1.82) is 0 Å². The van der Waals surface area contributed by atoms with Crippen LogP contribution in [-0.2, 0) is 14.3 Å². The highest BCUT2D eigenvalue weighted by Gasteiger charge is 2.34. The van der Waals surface area contributed by atoms with Crippen LogP contribution in [0.4, 0.5) is 5.69 Å². The number of methoxy groups -OCH3 is 1. The summed E-state index contributed by atoms with van der Waals surface area (Å²) in [5, 5.41) is 0. The molecule has 6 nitrogen and oxygen atoms in total. The number of nitrogens with zero attached hydrogens (tertiary/aromatic N) is 2. The molecule has 0 unspecified atom stereocenters. The molecule has 0 atom stereocenters. The number of esters is 1.